The normalized spacial score (nSPS) is 17.8. The first-order valence-corrected chi connectivity index (χ1v) is 5.95. The van der Waals surface area contributed by atoms with Gasteiger partial charge in [-0.05, 0) is 19.1 Å². The molecule has 0 atom stereocenters. The summed E-state index contributed by atoms with van der Waals surface area (Å²) in [6, 6.07) is 7.72. The van der Waals surface area contributed by atoms with Crippen molar-refractivity contribution in [2.45, 2.75) is 19.1 Å². The van der Waals surface area contributed by atoms with Gasteiger partial charge in [0.05, 0.1) is 36.1 Å². The van der Waals surface area contributed by atoms with E-state index in [0.29, 0.717) is 13.1 Å². The standard InChI is InChI=1S/C13H15N3O2/c1-13(18)7-16(8-13)12(17)6-15-9-14-10-4-2-3-5-11(10)15/h2-5,9,18H,6-8H2,1H3. The van der Waals surface area contributed by atoms with E-state index in [9.17, 15) is 9.90 Å². The molecule has 3 rings (SSSR count). The van der Waals surface area contributed by atoms with Crippen molar-refractivity contribution in [1.29, 1.82) is 0 Å². The van der Waals surface area contributed by atoms with Crippen molar-refractivity contribution in [2.75, 3.05) is 13.1 Å². The number of carbonyl (C=O) groups is 1. The average Bonchev–Trinajstić information content (AvgIpc) is 2.70. The summed E-state index contributed by atoms with van der Waals surface area (Å²) in [5, 5.41) is 9.62. The summed E-state index contributed by atoms with van der Waals surface area (Å²) in [5.41, 5.74) is 1.13. The highest BCUT2D eigenvalue weighted by atomic mass is 16.3. The Morgan fingerprint density at radius 1 is 1.44 bits per heavy atom. The maximum Gasteiger partial charge on any atom is 0.242 e. The molecule has 1 aliphatic heterocycles. The highest BCUT2D eigenvalue weighted by molar-refractivity contribution is 5.81. The molecule has 18 heavy (non-hydrogen) atoms. The van der Waals surface area contributed by atoms with Crippen molar-refractivity contribution in [1.82, 2.24) is 14.5 Å². The first-order valence-electron chi connectivity index (χ1n) is 5.95. The lowest BCUT2D eigenvalue weighted by Gasteiger charge is -2.44. The first-order chi connectivity index (χ1) is 8.55. The Morgan fingerprint density at radius 2 is 2.17 bits per heavy atom. The fraction of sp³-hybridized carbons (Fsp3) is 0.385. The second-order valence-electron chi connectivity index (χ2n) is 5.11. The molecule has 1 fully saturated rings. The number of para-hydroxylation sites is 2. The van der Waals surface area contributed by atoms with E-state index in [2.05, 4.69) is 4.98 Å². The van der Waals surface area contributed by atoms with Crippen LogP contribution in [-0.4, -0.2) is 44.2 Å². The maximum atomic E-state index is 12.0. The molecule has 94 valence electrons. The SMILES string of the molecule is CC1(O)CN(C(=O)Cn2cnc3ccccc32)C1. The number of rotatable bonds is 2. The van der Waals surface area contributed by atoms with E-state index in [1.807, 2.05) is 28.8 Å². The van der Waals surface area contributed by atoms with E-state index < -0.39 is 5.60 Å². The van der Waals surface area contributed by atoms with Crippen LogP contribution in [-0.2, 0) is 11.3 Å². The van der Waals surface area contributed by atoms with Gasteiger partial charge in [0.2, 0.25) is 5.91 Å². The van der Waals surface area contributed by atoms with Gasteiger partial charge in [-0.1, -0.05) is 12.1 Å². The second kappa shape index (κ2) is 3.81. The maximum absolute atomic E-state index is 12.0. The third-order valence-corrected chi connectivity index (χ3v) is 3.25. The number of likely N-dealkylation sites (tertiary alicyclic amines) is 1. The Bertz CT molecular complexity index is 595. The molecule has 1 aromatic heterocycles. The van der Waals surface area contributed by atoms with Crippen molar-refractivity contribution in [3.8, 4) is 0 Å². The molecule has 0 saturated carbocycles. The zero-order valence-electron chi connectivity index (χ0n) is 10.2. The van der Waals surface area contributed by atoms with Crippen LogP contribution >= 0.6 is 0 Å². The molecular weight excluding hydrogens is 230 g/mol. The lowest BCUT2D eigenvalue weighted by Crippen LogP contribution is -2.62. The van der Waals surface area contributed by atoms with Crippen LogP contribution < -0.4 is 0 Å². The quantitative estimate of drug-likeness (QED) is 0.844. The van der Waals surface area contributed by atoms with Gasteiger partial charge in [0.25, 0.3) is 0 Å². The highest BCUT2D eigenvalue weighted by Crippen LogP contribution is 2.20. The topological polar surface area (TPSA) is 58.4 Å². The van der Waals surface area contributed by atoms with Crippen LogP contribution in [0.2, 0.25) is 0 Å². The number of fused-ring (bicyclic) bond motifs is 1. The number of nitrogens with zero attached hydrogens (tertiary/aromatic N) is 3. The van der Waals surface area contributed by atoms with Crippen molar-refractivity contribution in [2.24, 2.45) is 0 Å². The molecule has 0 aliphatic carbocycles. The van der Waals surface area contributed by atoms with Gasteiger partial charge in [-0.2, -0.15) is 0 Å². The highest BCUT2D eigenvalue weighted by Gasteiger charge is 2.39. The number of aromatic nitrogens is 2. The zero-order valence-corrected chi connectivity index (χ0v) is 10.2. The summed E-state index contributed by atoms with van der Waals surface area (Å²) in [7, 11) is 0. The number of amides is 1. The molecular formula is C13H15N3O2. The van der Waals surface area contributed by atoms with Gasteiger partial charge in [-0.3, -0.25) is 4.79 Å². The number of hydrogen-bond donors (Lipinski definition) is 1. The fourth-order valence-electron chi connectivity index (χ4n) is 2.33. The molecule has 1 amide bonds. The number of carbonyl (C=O) groups excluding carboxylic acids is 1. The molecule has 0 unspecified atom stereocenters. The molecule has 5 heteroatoms. The Kier molecular flexibility index (Phi) is 2.38. The summed E-state index contributed by atoms with van der Waals surface area (Å²) >= 11 is 0. The van der Waals surface area contributed by atoms with Crippen LogP contribution in [0.25, 0.3) is 11.0 Å². The van der Waals surface area contributed by atoms with Gasteiger partial charge in [-0.15, -0.1) is 0 Å². The number of aliphatic hydroxyl groups is 1. The molecule has 0 radical (unpaired) electrons. The van der Waals surface area contributed by atoms with Gasteiger partial charge in [0, 0.05) is 0 Å². The molecule has 1 N–H and O–H groups in total. The van der Waals surface area contributed by atoms with Gasteiger partial charge in [-0.25, -0.2) is 4.98 Å². The Balaban J connectivity index is 1.75. The van der Waals surface area contributed by atoms with E-state index in [1.54, 1.807) is 18.2 Å². The number of imidazole rings is 1. The van der Waals surface area contributed by atoms with Gasteiger partial charge in [0.15, 0.2) is 0 Å². The Morgan fingerprint density at radius 3 is 2.89 bits per heavy atom. The van der Waals surface area contributed by atoms with Crippen LogP contribution in [0.1, 0.15) is 6.92 Å². The van der Waals surface area contributed by atoms with Crippen LogP contribution in [0.3, 0.4) is 0 Å². The number of benzene rings is 1. The molecule has 1 saturated heterocycles. The molecule has 2 aromatic rings. The van der Waals surface area contributed by atoms with Crippen molar-refractivity contribution in [3.63, 3.8) is 0 Å². The van der Waals surface area contributed by atoms with Gasteiger partial charge < -0.3 is 14.6 Å². The average molecular weight is 245 g/mol. The predicted octanol–water partition coefficient (Wildman–Crippen LogP) is 0.629. The molecule has 1 aliphatic rings. The summed E-state index contributed by atoms with van der Waals surface area (Å²) < 4.78 is 1.84. The van der Waals surface area contributed by atoms with Crippen LogP contribution in [0.15, 0.2) is 30.6 Å². The molecule has 0 spiro atoms. The largest absolute Gasteiger partial charge is 0.386 e. The number of β-amino-alcohol motifs (C(OH)–C–C–N with tert-alkyl or cyclic N) is 1. The van der Waals surface area contributed by atoms with Crippen LogP contribution in [0, 0.1) is 0 Å². The van der Waals surface area contributed by atoms with E-state index in [-0.39, 0.29) is 12.5 Å². The van der Waals surface area contributed by atoms with Crippen LogP contribution in [0.4, 0.5) is 0 Å². The van der Waals surface area contributed by atoms with E-state index in [0.717, 1.165) is 11.0 Å². The monoisotopic (exact) mass is 245 g/mol. The molecule has 5 nitrogen and oxygen atoms in total. The van der Waals surface area contributed by atoms with E-state index >= 15 is 0 Å². The fourth-order valence-corrected chi connectivity index (χ4v) is 2.33. The number of hydrogen-bond acceptors (Lipinski definition) is 3. The molecule has 0 bridgehead atoms. The second-order valence-corrected chi connectivity index (χ2v) is 5.11. The van der Waals surface area contributed by atoms with Gasteiger partial charge in [0.1, 0.15) is 6.54 Å². The Labute approximate surface area is 105 Å². The third-order valence-electron chi connectivity index (χ3n) is 3.25. The summed E-state index contributed by atoms with van der Waals surface area (Å²) in [6.45, 7) is 2.84. The minimum atomic E-state index is -0.716. The minimum absolute atomic E-state index is 0.0182. The van der Waals surface area contributed by atoms with Crippen molar-refractivity contribution < 1.29 is 9.90 Å². The van der Waals surface area contributed by atoms with Crippen molar-refractivity contribution in [3.05, 3.63) is 30.6 Å². The van der Waals surface area contributed by atoms with Crippen LogP contribution in [0.5, 0.6) is 0 Å². The lowest BCUT2D eigenvalue weighted by molar-refractivity contribution is -0.152. The van der Waals surface area contributed by atoms with E-state index in [1.165, 1.54) is 0 Å². The minimum Gasteiger partial charge on any atom is -0.386 e. The molecule has 1 aromatic carbocycles. The predicted molar refractivity (Wildman–Crippen MR) is 66.9 cm³/mol. The Hall–Kier alpha value is -1.88. The first kappa shape index (κ1) is 11.2. The zero-order chi connectivity index (χ0) is 12.8. The van der Waals surface area contributed by atoms with E-state index in [4.69, 9.17) is 0 Å². The molecule has 2 heterocycles. The lowest BCUT2D eigenvalue weighted by atomic mass is 9.97. The smallest absolute Gasteiger partial charge is 0.242 e. The summed E-state index contributed by atoms with van der Waals surface area (Å²) in [6.07, 6.45) is 1.68. The third kappa shape index (κ3) is 1.86. The van der Waals surface area contributed by atoms with Gasteiger partial charge >= 0.3 is 0 Å². The summed E-state index contributed by atoms with van der Waals surface area (Å²) in [4.78, 5) is 17.9. The van der Waals surface area contributed by atoms with Crippen molar-refractivity contribution >= 4 is 16.9 Å². The summed E-state index contributed by atoms with van der Waals surface area (Å²) in [5.74, 6) is 0.0182.